The second kappa shape index (κ2) is 6.21. The van der Waals surface area contributed by atoms with Gasteiger partial charge in [0, 0.05) is 16.3 Å². The molecule has 0 heterocycles. The molecule has 0 saturated heterocycles. The van der Waals surface area contributed by atoms with Crippen molar-refractivity contribution in [3.8, 4) is 0 Å². The zero-order valence-electron chi connectivity index (χ0n) is 11.9. The normalized spacial score (nSPS) is 17.9. The first-order valence-corrected chi connectivity index (χ1v) is 8.09. The van der Waals surface area contributed by atoms with Crippen LogP contribution in [0.25, 0.3) is 0 Å². The van der Waals surface area contributed by atoms with Gasteiger partial charge in [-0.25, -0.2) is 0 Å². The number of carbonyl (C=O) groups excluding carboxylic acids is 1. The van der Waals surface area contributed by atoms with Gasteiger partial charge in [-0.1, -0.05) is 54.8 Å². The van der Waals surface area contributed by atoms with Crippen LogP contribution in [0.15, 0.2) is 28.7 Å². The molecule has 1 aromatic carbocycles. The van der Waals surface area contributed by atoms with Gasteiger partial charge in [0.05, 0.1) is 0 Å². The summed E-state index contributed by atoms with van der Waals surface area (Å²) in [5, 5.41) is 0. The Morgan fingerprint density at radius 3 is 2.58 bits per heavy atom. The van der Waals surface area contributed by atoms with Crippen LogP contribution in [0.5, 0.6) is 0 Å². The van der Waals surface area contributed by atoms with Crippen LogP contribution in [0, 0.1) is 11.3 Å². The number of ketones is 1. The zero-order chi connectivity index (χ0) is 13.9. The standard InChI is InChI=1S/C17H23BrO/c1-13(2)12-17(8-3-4-9-17)16(19)11-14-6-5-7-15(18)10-14/h5-7,10,13H,3-4,8-9,11-12H2,1-2H3. The first kappa shape index (κ1) is 14.8. The van der Waals surface area contributed by atoms with Crippen molar-refractivity contribution in [2.24, 2.45) is 11.3 Å². The van der Waals surface area contributed by atoms with Gasteiger partial charge in [0.25, 0.3) is 0 Å². The van der Waals surface area contributed by atoms with Crippen molar-refractivity contribution in [3.05, 3.63) is 34.3 Å². The third-order valence-corrected chi connectivity index (χ3v) is 4.70. The van der Waals surface area contributed by atoms with Gasteiger partial charge >= 0.3 is 0 Å². The van der Waals surface area contributed by atoms with Crippen molar-refractivity contribution < 1.29 is 4.79 Å². The Balaban J connectivity index is 2.12. The smallest absolute Gasteiger partial charge is 0.143 e. The highest BCUT2D eigenvalue weighted by atomic mass is 79.9. The third-order valence-electron chi connectivity index (χ3n) is 4.20. The molecule has 0 atom stereocenters. The SMILES string of the molecule is CC(C)CC1(C(=O)Cc2cccc(Br)c2)CCCC1. The highest BCUT2D eigenvalue weighted by molar-refractivity contribution is 9.10. The Morgan fingerprint density at radius 2 is 2.00 bits per heavy atom. The number of rotatable bonds is 5. The fourth-order valence-corrected chi connectivity index (χ4v) is 3.90. The molecule has 19 heavy (non-hydrogen) atoms. The first-order valence-electron chi connectivity index (χ1n) is 7.30. The molecule has 0 bridgehead atoms. The number of benzene rings is 1. The molecule has 2 rings (SSSR count). The van der Waals surface area contributed by atoms with Crippen LogP contribution in [0.3, 0.4) is 0 Å². The van der Waals surface area contributed by atoms with E-state index in [-0.39, 0.29) is 5.41 Å². The van der Waals surface area contributed by atoms with Crippen molar-refractivity contribution in [1.82, 2.24) is 0 Å². The Hall–Kier alpha value is -0.630. The Kier molecular flexibility index (Phi) is 4.83. The van der Waals surface area contributed by atoms with E-state index in [4.69, 9.17) is 0 Å². The zero-order valence-corrected chi connectivity index (χ0v) is 13.5. The van der Waals surface area contributed by atoms with Crippen molar-refractivity contribution >= 4 is 21.7 Å². The molecule has 1 aromatic rings. The van der Waals surface area contributed by atoms with E-state index in [9.17, 15) is 4.79 Å². The van der Waals surface area contributed by atoms with E-state index in [1.54, 1.807) is 0 Å². The van der Waals surface area contributed by atoms with Gasteiger partial charge in [-0.3, -0.25) is 4.79 Å². The molecule has 0 amide bonds. The molecule has 0 N–H and O–H groups in total. The number of carbonyl (C=O) groups is 1. The van der Waals surface area contributed by atoms with Crippen molar-refractivity contribution in [2.45, 2.75) is 52.4 Å². The van der Waals surface area contributed by atoms with E-state index in [0.29, 0.717) is 18.1 Å². The molecular formula is C17H23BrO. The Labute approximate surface area is 124 Å². The minimum atomic E-state index is -0.0313. The van der Waals surface area contributed by atoms with E-state index < -0.39 is 0 Å². The molecular weight excluding hydrogens is 300 g/mol. The summed E-state index contributed by atoms with van der Waals surface area (Å²) in [5.41, 5.74) is 1.10. The second-order valence-electron chi connectivity index (χ2n) is 6.32. The average Bonchev–Trinajstić information content (AvgIpc) is 2.78. The molecule has 0 unspecified atom stereocenters. The van der Waals surface area contributed by atoms with Crippen LogP contribution in [0.1, 0.15) is 51.5 Å². The van der Waals surface area contributed by atoms with Gasteiger partial charge in [-0.15, -0.1) is 0 Å². The molecule has 1 aliphatic carbocycles. The summed E-state index contributed by atoms with van der Waals surface area (Å²) in [5.74, 6) is 1.06. The third kappa shape index (κ3) is 3.68. The predicted molar refractivity (Wildman–Crippen MR) is 83.2 cm³/mol. The lowest BCUT2D eigenvalue weighted by Gasteiger charge is -2.29. The fourth-order valence-electron chi connectivity index (χ4n) is 3.45. The average molecular weight is 323 g/mol. The van der Waals surface area contributed by atoms with Crippen LogP contribution >= 0.6 is 15.9 Å². The van der Waals surface area contributed by atoms with Gasteiger partial charge in [0.1, 0.15) is 5.78 Å². The fraction of sp³-hybridized carbons (Fsp3) is 0.588. The lowest BCUT2D eigenvalue weighted by molar-refractivity contribution is -0.128. The molecule has 0 aliphatic heterocycles. The number of Topliss-reactive ketones (excluding diaryl/α,β-unsaturated/α-hetero) is 1. The molecule has 1 fully saturated rings. The van der Waals surface area contributed by atoms with Gasteiger partial charge in [-0.2, -0.15) is 0 Å². The van der Waals surface area contributed by atoms with Crippen LogP contribution in [0.4, 0.5) is 0 Å². The largest absolute Gasteiger partial charge is 0.299 e. The van der Waals surface area contributed by atoms with Gasteiger partial charge in [-0.05, 0) is 42.9 Å². The van der Waals surface area contributed by atoms with Gasteiger partial charge in [0.2, 0.25) is 0 Å². The van der Waals surface area contributed by atoms with Crippen molar-refractivity contribution in [3.63, 3.8) is 0 Å². The summed E-state index contributed by atoms with van der Waals surface area (Å²) in [7, 11) is 0. The minimum Gasteiger partial charge on any atom is -0.299 e. The lowest BCUT2D eigenvalue weighted by Crippen LogP contribution is -2.31. The summed E-state index contributed by atoms with van der Waals surface area (Å²) < 4.78 is 1.06. The van der Waals surface area contributed by atoms with Crippen molar-refractivity contribution in [2.75, 3.05) is 0 Å². The van der Waals surface area contributed by atoms with Gasteiger partial charge in [0.15, 0.2) is 0 Å². The molecule has 2 heteroatoms. The Morgan fingerprint density at radius 1 is 1.32 bits per heavy atom. The summed E-state index contributed by atoms with van der Waals surface area (Å²) in [6.07, 6.45) is 6.27. The van der Waals surface area contributed by atoms with Crippen LogP contribution in [-0.2, 0) is 11.2 Å². The maximum Gasteiger partial charge on any atom is 0.143 e. The Bertz CT molecular complexity index is 444. The molecule has 0 radical (unpaired) electrons. The molecule has 104 valence electrons. The summed E-state index contributed by atoms with van der Waals surface area (Å²) >= 11 is 3.48. The highest BCUT2D eigenvalue weighted by Gasteiger charge is 2.40. The quantitative estimate of drug-likeness (QED) is 0.731. The molecule has 0 spiro atoms. The van der Waals surface area contributed by atoms with E-state index in [1.165, 1.54) is 12.8 Å². The molecule has 1 aliphatic rings. The van der Waals surface area contributed by atoms with Crippen LogP contribution in [-0.4, -0.2) is 5.78 Å². The maximum atomic E-state index is 12.8. The monoisotopic (exact) mass is 322 g/mol. The van der Waals surface area contributed by atoms with Crippen LogP contribution < -0.4 is 0 Å². The summed E-state index contributed by atoms with van der Waals surface area (Å²) in [6, 6.07) is 8.14. The predicted octanol–water partition coefficient (Wildman–Crippen LogP) is 5.17. The first-order chi connectivity index (χ1) is 9.02. The second-order valence-corrected chi connectivity index (χ2v) is 7.23. The molecule has 0 aromatic heterocycles. The van der Waals surface area contributed by atoms with Gasteiger partial charge < -0.3 is 0 Å². The highest BCUT2D eigenvalue weighted by Crippen LogP contribution is 2.44. The van der Waals surface area contributed by atoms with E-state index in [2.05, 4.69) is 41.9 Å². The molecule has 1 nitrogen and oxygen atoms in total. The number of hydrogen-bond acceptors (Lipinski definition) is 1. The molecule has 1 saturated carbocycles. The van der Waals surface area contributed by atoms with E-state index in [1.807, 2.05) is 12.1 Å². The number of hydrogen-bond donors (Lipinski definition) is 0. The van der Waals surface area contributed by atoms with Crippen molar-refractivity contribution in [1.29, 1.82) is 0 Å². The topological polar surface area (TPSA) is 17.1 Å². The van der Waals surface area contributed by atoms with Crippen LogP contribution in [0.2, 0.25) is 0 Å². The lowest BCUT2D eigenvalue weighted by atomic mass is 9.73. The summed E-state index contributed by atoms with van der Waals surface area (Å²) in [4.78, 5) is 12.8. The minimum absolute atomic E-state index is 0.0313. The van der Waals surface area contributed by atoms with E-state index in [0.717, 1.165) is 29.3 Å². The maximum absolute atomic E-state index is 12.8. The van der Waals surface area contributed by atoms with E-state index >= 15 is 0 Å². The number of halogens is 1. The summed E-state index contributed by atoms with van der Waals surface area (Å²) in [6.45, 7) is 4.46.